The number of amides is 4. The van der Waals surface area contributed by atoms with Crippen molar-refractivity contribution >= 4 is 74.6 Å². The van der Waals surface area contributed by atoms with Gasteiger partial charge in [0.2, 0.25) is 17.7 Å². The number of hydrogen-bond acceptors (Lipinski definition) is 12. The Hall–Kier alpha value is -6.66. The number of nitrogens with zero attached hydrogens (tertiary/aromatic N) is 5. The summed E-state index contributed by atoms with van der Waals surface area (Å²) in [5, 5.41) is 32.8. The quantitative estimate of drug-likeness (QED) is 0.0769. The third-order valence-electron chi connectivity index (χ3n) is 13.3. The molecule has 0 spiro atoms. The van der Waals surface area contributed by atoms with Crippen molar-refractivity contribution in [1.29, 1.82) is 0 Å². The number of furan rings is 1. The average molecular weight is 1030 g/mol. The molecule has 72 heavy (non-hydrogen) atoms. The molecule has 0 radical (unpaired) electrons. The second-order valence-corrected chi connectivity index (χ2v) is 22.1. The van der Waals surface area contributed by atoms with Crippen LogP contribution in [0.4, 0.5) is 0 Å². The Morgan fingerprint density at radius 3 is 2.39 bits per heavy atom. The Bertz CT molecular complexity index is 3220. The topological polar surface area (TPSA) is 193 Å². The summed E-state index contributed by atoms with van der Waals surface area (Å²) in [6, 6.07) is 21.4. The van der Waals surface area contributed by atoms with Gasteiger partial charge >= 0.3 is 0 Å². The van der Waals surface area contributed by atoms with Crippen LogP contribution in [0.15, 0.2) is 93.7 Å². The number of thiophene rings is 2. The lowest BCUT2D eigenvalue weighted by atomic mass is 9.85. The monoisotopic (exact) mass is 1030 g/mol. The van der Waals surface area contributed by atoms with Gasteiger partial charge in [-0.3, -0.25) is 28.7 Å². The molecule has 9 rings (SSSR count). The van der Waals surface area contributed by atoms with Crippen molar-refractivity contribution in [2.24, 2.45) is 10.4 Å². The second kappa shape index (κ2) is 20.5. The fraction of sp³-hybridized carbons (Fsp3) is 0.352. The molecule has 374 valence electrons. The first-order chi connectivity index (χ1) is 34.3. The van der Waals surface area contributed by atoms with Gasteiger partial charge in [-0.25, -0.2) is 0 Å². The molecule has 4 N–H and O–H groups in total. The number of ether oxygens (including phenoxy) is 1. The van der Waals surface area contributed by atoms with E-state index in [0.29, 0.717) is 33.4 Å². The zero-order valence-electron chi connectivity index (χ0n) is 41.3. The third kappa shape index (κ3) is 10.3. The number of carbonyl (C=O) groups excluding carboxylic acids is 4. The van der Waals surface area contributed by atoms with Crippen LogP contribution in [0.3, 0.4) is 0 Å². The summed E-state index contributed by atoms with van der Waals surface area (Å²) in [5.41, 5.74) is 6.52. The van der Waals surface area contributed by atoms with Gasteiger partial charge in [-0.1, -0.05) is 68.8 Å². The maximum atomic E-state index is 14.4. The van der Waals surface area contributed by atoms with E-state index in [1.165, 1.54) is 15.3 Å². The van der Waals surface area contributed by atoms with Crippen molar-refractivity contribution in [3.8, 4) is 21.2 Å². The molecule has 6 heterocycles. The molecular weight excluding hydrogens is 972 g/mol. The Morgan fingerprint density at radius 2 is 1.68 bits per heavy atom. The Labute approximate surface area is 430 Å². The highest BCUT2D eigenvalue weighted by atomic mass is 35.5. The van der Waals surface area contributed by atoms with Crippen molar-refractivity contribution < 1.29 is 33.4 Å². The molecule has 0 bridgehead atoms. The zero-order valence-corrected chi connectivity index (χ0v) is 43.7. The number of aliphatic imine (C=N–C) groups is 1. The van der Waals surface area contributed by atoms with E-state index in [0.717, 1.165) is 43.4 Å². The van der Waals surface area contributed by atoms with E-state index in [4.69, 9.17) is 25.7 Å². The van der Waals surface area contributed by atoms with Crippen molar-refractivity contribution in [2.75, 3.05) is 19.7 Å². The first kappa shape index (κ1) is 50.3. The van der Waals surface area contributed by atoms with Gasteiger partial charge in [-0.2, -0.15) is 0 Å². The number of hydrogen-bond donors (Lipinski definition) is 4. The molecule has 4 amide bonds. The number of nitrogens with one attached hydrogen (secondary N) is 3. The van der Waals surface area contributed by atoms with Crippen LogP contribution in [0.25, 0.3) is 26.4 Å². The van der Waals surface area contributed by atoms with Gasteiger partial charge in [0.05, 0.1) is 30.8 Å². The van der Waals surface area contributed by atoms with E-state index in [2.05, 4.69) is 58.4 Å². The predicted molar refractivity (Wildman–Crippen MR) is 280 cm³/mol. The molecule has 4 aromatic heterocycles. The van der Waals surface area contributed by atoms with Gasteiger partial charge in [0.1, 0.15) is 46.9 Å². The van der Waals surface area contributed by atoms with E-state index in [1.807, 2.05) is 87.7 Å². The fourth-order valence-corrected chi connectivity index (χ4v) is 11.5. The molecule has 1 saturated heterocycles. The minimum atomic E-state index is -1.07. The fourth-order valence-electron chi connectivity index (χ4n) is 9.26. The number of aryl methyl sites for hydroxylation is 3. The maximum absolute atomic E-state index is 14.4. The third-order valence-corrected chi connectivity index (χ3v) is 15.8. The summed E-state index contributed by atoms with van der Waals surface area (Å²) in [7, 11) is 0. The van der Waals surface area contributed by atoms with Crippen LogP contribution in [0.5, 0.6) is 5.75 Å². The van der Waals surface area contributed by atoms with Gasteiger partial charge in [0.15, 0.2) is 11.6 Å². The lowest BCUT2D eigenvalue weighted by molar-refractivity contribution is -0.142. The molecule has 3 aromatic carbocycles. The van der Waals surface area contributed by atoms with Crippen LogP contribution in [0.1, 0.15) is 108 Å². The van der Waals surface area contributed by atoms with Crippen LogP contribution in [-0.2, 0) is 14.4 Å². The van der Waals surface area contributed by atoms with Crippen LogP contribution in [0, 0.1) is 33.1 Å². The maximum Gasteiger partial charge on any atom is 0.287 e. The van der Waals surface area contributed by atoms with Crippen LogP contribution >= 0.6 is 34.3 Å². The van der Waals surface area contributed by atoms with E-state index < -0.39 is 41.5 Å². The smallest absolute Gasteiger partial charge is 0.287 e. The minimum Gasteiger partial charge on any atom is -0.492 e. The molecule has 15 nitrogen and oxygen atoms in total. The predicted octanol–water partition coefficient (Wildman–Crippen LogP) is 9.15. The molecular formula is C54H57ClN8O7S2. The highest BCUT2D eigenvalue weighted by Gasteiger charge is 2.45. The molecule has 5 atom stereocenters. The number of aliphatic hydroxyl groups is 1. The number of rotatable bonds is 14. The van der Waals surface area contributed by atoms with Gasteiger partial charge < -0.3 is 35.1 Å². The van der Waals surface area contributed by atoms with Gasteiger partial charge in [-0.05, 0) is 104 Å². The Morgan fingerprint density at radius 1 is 0.944 bits per heavy atom. The molecule has 7 aromatic rings. The number of aromatic nitrogens is 3. The number of halogens is 1. The van der Waals surface area contributed by atoms with E-state index in [1.54, 1.807) is 46.9 Å². The van der Waals surface area contributed by atoms with Crippen molar-refractivity contribution in [2.45, 2.75) is 98.5 Å². The van der Waals surface area contributed by atoms with Crippen LogP contribution in [0.2, 0.25) is 5.02 Å². The van der Waals surface area contributed by atoms with Crippen LogP contribution < -0.4 is 20.7 Å². The highest BCUT2D eigenvalue weighted by molar-refractivity contribution is 7.15. The average Bonchev–Trinajstić information content (AvgIpc) is 4.18. The highest BCUT2D eigenvalue weighted by Crippen LogP contribution is 2.40. The molecule has 0 saturated carbocycles. The Kier molecular flexibility index (Phi) is 14.3. The lowest BCUT2D eigenvalue weighted by Crippen LogP contribution is -2.57. The SMILES string of the molecule is Cc1ccsc1-c1ccc([C@H](C)NC(=O)[C@@H]2C[C@@H](O)CN2C(=O)[C@@H](NC(=O)c2cc3ccc(OCCNC(=O)C[C@@H]4N=C(c5ccc(Cl)cc5)c5c(sc(C)c5C)-n5c(C)nnc54)cc3o2)C(C)(C)C)cc1. The standard InChI is InChI=1S/C54H57ClN8O7S2/c1-28-19-22-71-47(28)35-11-9-33(10-12-35)30(3)57-50(66)41-24-38(64)27-62(41)52(68)48(54(6,7)8)59-51(67)43-23-36-15-18-39(25-42(36)70-43)69-21-20-56-44(65)26-40-49-61-60-32(5)63(49)53-45(29(2)31(4)72-53)46(58-40)34-13-16-37(55)17-14-34/h9-19,22-23,25,30,38,40-41,48,64H,20-21,24,26-27H2,1-8H3,(H,56,65)(H,57,66)(H,59,67)/t30-,38+,40-,41-,48+/m0/s1. The summed E-state index contributed by atoms with van der Waals surface area (Å²) < 4.78 is 14.0. The second-order valence-electron chi connectivity index (χ2n) is 19.6. The number of likely N-dealkylation sites (tertiary alicyclic amines) is 1. The van der Waals surface area contributed by atoms with Gasteiger partial charge in [0.25, 0.3) is 5.91 Å². The number of benzene rings is 3. The summed E-state index contributed by atoms with van der Waals surface area (Å²) in [6.07, 6.45) is -0.828. The zero-order chi connectivity index (χ0) is 51.2. The number of aliphatic hydroxyl groups excluding tert-OH is 1. The normalized spacial score (nSPS) is 17.4. The number of fused-ring (bicyclic) bond motifs is 4. The summed E-state index contributed by atoms with van der Waals surface area (Å²) in [6.45, 7) is 15.8. The molecule has 1 fully saturated rings. The van der Waals surface area contributed by atoms with Crippen LogP contribution in [-0.4, -0.2) is 92.0 Å². The van der Waals surface area contributed by atoms with E-state index in [-0.39, 0.29) is 56.2 Å². The largest absolute Gasteiger partial charge is 0.492 e. The van der Waals surface area contributed by atoms with Crippen molar-refractivity contribution in [3.63, 3.8) is 0 Å². The van der Waals surface area contributed by atoms with Gasteiger partial charge in [-0.15, -0.1) is 32.9 Å². The molecule has 18 heteroatoms. The van der Waals surface area contributed by atoms with E-state index >= 15 is 0 Å². The Balaban J connectivity index is 0.815. The molecule has 0 unspecified atom stereocenters. The molecule has 2 aliphatic heterocycles. The summed E-state index contributed by atoms with van der Waals surface area (Å²) >= 11 is 9.58. The number of carbonyl (C=O) groups is 4. The van der Waals surface area contributed by atoms with Crippen molar-refractivity contribution in [3.05, 3.63) is 139 Å². The first-order valence-corrected chi connectivity index (χ1v) is 26.0. The summed E-state index contributed by atoms with van der Waals surface area (Å²) in [5.74, 6) is -0.0141. The van der Waals surface area contributed by atoms with Gasteiger partial charge in [0, 0.05) is 50.3 Å². The lowest BCUT2D eigenvalue weighted by Gasteiger charge is -2.35. The molecule has 0 aliphatic carbocycles. The first-order valence-electron chi connectivity index (χ1n) is 23.9. The van der Waals surface area contributed by atoms with E-state index in [9.17, 15) is 24.3 Å². The minimum absolute atomic E-state index is 0.0203. The summed E-state index contributed by atoms with van der Waals surface area (Å²) in [4.78, 5) is 64.5. The van der Waals surface area contributed by atoms with Crippen molar-refractivity contribution in [1.82, 2.24) is 35.6 Å². The number of β-amino-alcohol motifs (C(OH)–C–C–N with tert-alkyl or cyclic N) is 1. The molecule has 2 aliphatic rings.